The van der Waals surface area contributed by atoms with Gasteiger partial charge in [0.05, 0.1) is 11.7 Å². The molecule has 17 heavy (non-hydrogen) atoms. The third-order valence-electron chi connectivity index (χ3n) is 2.37. The molecule has 0 saturated heterocycles. The van der Waals surface area contributed by atoms with Crippen LogP contribution >= 0.6 is 0 Å². The van der Waals surface area contributed by atoms with Gasteiger partial charge in [-0.15, -0.1) is 0 Å². The molecule has 0 aliphatic rings. The Labute approximate surface area is 105 Å². The van der Waals surface area contributed by atoms with Gasteiger partial charge < -0.3 is 9.47 Å². The van der Waals surface area contributed by atoms with Gasteiger partial charge in [0.1, 0.15) is 12.4 Å². The van der Waals surface area contributed by atoms with Crippen molar-refractivity contribution in [2.75, 3.05) is 6.61 Å². The van der Waals surface area contributed by atoms with Crippen molar-refractivity contribution in [2.24, 2.45) is 0 Å². The van der Waals surface area contributed by atoms with Crippen molar-refractivity contribution in [1.29, 1.82) is 0 Å². The number of ether oxygens (including phenoxy) is 2. The summed E-state index contributed by atoms with van der Waals surface area (Å²) in [5, 5.41) is 0. The first kappa shape index (κ1) is 14.0. The Balaban J connectivity index is 2.39. The Hall–Kier alpha value is -1.02. The van der Waals surface area contributed by atoms with Crippen LogP contribution in [0.4, 0.5) is 0 Å². The lowest BCUT2D eigenvalue weighted by Crippen LogP contribution is -2.29. The molecule has 0 aromatic heterocycles. The largest absolute Gasteiger partial charge is 0.491 e. The third-order valence-corrected chi connectivity index (χ3v) is 2.37. The molecule has 0 fully saturated rings. The third kappa shape index (κ3) is 5.73. The van der Waals surface area contributed by atoms with Gasteiger partial charge in [0.15, 0.2) is 0 Å². The first-order chi connectivity index (χ1) is 7.90. The van der Waals surface area contributed by atoms with Crippen molar-refractivity contribution in [3.8, 4) is 5.75 Å². The van der Waals surface area contributed by atoms with E-state index in [2.05, 4.69) is 39.8 Å². The van der Waals surface area contributed by atoms with Crippen LogP contribution in [0.5, 0.6) is 5.75 Å². The fourth-order valence-electron chi connectivity index (χ4n) is 1.67. The molecule has 0 N–H and O–H groups in total. The molecular formula is C15H24O2. The van der Waals surface area contributed by atoms with Crippen LogP contribution in [0.25, 0.3) is 0 Å². The van der Waals surface area contributed by atoms with Crippen molar-refractivity contribution in [3.05, 3.63) is 29.8 Å². The summed E-state index contributed by atoms with van der Waals surface area (Å²) in [5.74, 6) is 0.909. The minimum Gasteiger partial charge on any atom is -0.491 e. The summed E-state index contributed by atoms with van der Waals surface area (Å²) in [6.07, 6.45) is 1.16. The van der Waals surface area contributed by atoms with Gasteiger partial charge in [0.25, 0.3) is 0 Å². The van der Waals surface area contributed by atoms with Crippen molar-refractivity contribution in [3.63, 3.8) is 0 Å². The second-order valence-corrected chi connectivity index (χ2v) is 5.35. The molecule has 0 heterocycles. The smallest absolute Gasteiger partial charge is 0.119 e. The lowest BCUT2D eigenvalue weighted by molar-refractivity contribution is -0.0669. The minimum atomic E-state index is -0.116. The van der Waals surface area contributed by atoms with Crippen LogP contribution in [0, 0.1) is 0 Å². The zero-order chi connectivity index (χ0) is 12.9. The van der Waals surface area contributed by atoms with Gasteiger partial charge >= 0.3 is 0 Å². The Morgan fingerprint density at radius 3 is 2.18 bits per heavy atom. The molecule has 96 valence electrons. The number of rotatable bonds is 5. The minimum absolute atomic E-state index is 0.0980. The standard InChI is InChI=1S/C15H24O2/c1-6-13-7-9-14(10-8-13)16-11-12(2)17-15(3,4)5/h7-10,12H,6,11H2,1-5H3. The highest BCUT2D eigenvalue weighted by atomic mass is 16.5. The van der Waals surface area contributed by atoms with Crippen molar-refractivity contribution < 1.29 is 9.47 Å². The Bertz CT molecular complexity index is 322. The van der Waals surface area contributed by atoms with E-state index in [0.29, 0.717) is 6.61 Å². The van der Waals surface area contributed by atoms with E-state index < -0.39 is 0 Å². The van der Waals surface area contributed by atoms with Gasteiger partial charge in [-0.05, 0) is 51.8 Å². The van der Waals surface area contributed by atoms with Crippen LogP contribution in [-0.2, 0) is 11.2 Å². The zero-order valence-corrected chi connectivity index (χ0v) is 11.6. The average molecular weight is 236 g/mol. The molecule has 1 unspecified atom stereocenters. The molecule has 2 heteroatoms. The van der Waals surface area contributed by atoms with Crippen LogP contribution in [0.3, 0.4) is 0 Å². The molecule has 1 rings (SSSR count). The number of hydrogen-bond acceptors (Lipinski definition) is 2. The molecule has 0 amide bonds. The van der Waals surface area contributed by atoms with Gasteiger partial charge in [-0.2, -0.15) is 0 Å². The quantitative estimate of drug-likeness (QED) is 0.773. The van der Waals surface area contributed by atoms with E-state index in [-0.39, 0.29) is 11.7 Å². The normalized spacial score (nSPS) is 13.5. The topological polar surface area (TPSA) is 18.5 Å². The molecule has 1 atom stereocenters. The highest BCUT2D eigenvalue weighted by Crippen LogP contribution is 2.15. The average Bonchev–Trinajstić information content (AvgIpc) is 2.25. The summed E-state index contributed by atoms with van der Waals surface area (Å²) in [6.45, 7) is 10.9. The van der Waals surface area contributed by atoms with Crippen LogP contribution in [0.2, 0.25) is 0 Å². The van der Waals surface area contributed by atoms with Crippen molar-refractivity contribution in [1.82, 2.24) is 0 Å². The first-order valence-electron chi connectivity index (χ1n) is 6.30. The molecule has 0 aliphatic carbocycles. The van der Waals surface area contributed by atoms with E-state index in [1.165, 1.54) is 5.56 Å². The lowest BCUT2D eigenvalue weighted by atomic mass is 10.2. The van der Waals surface area contributed by atoms with Crippen molar-refractivity contribution in [2.45, 2.75) is 52.7 Å². The molecular weight excluding hydrogens is 212 g/mol. The first-order valence-corrected chi connectivity index (χ1v) is 6.30. The summed E-state index contributed by atoms with van der Waals surface area (Å²) in [5.41, 5.74) is 1.21. The second-order valence-electron chi connectivity index (χ2n) is 5.35. The monoisotopic (exact) mass is 236 g/mol. The van der Waals surface area contributed by atoms with E-state index in [1.807, 2.05) is 19.1 Å². The van der Waals surface area contributed by atoms with E-state index in [0.717, 1.165) is 12.2 Å². The maximum Gasteiger partial charge on any atom is 0.119 e. The maximum atomic E-state index is 5.78. The molecule has 0 aliphatic heterocycles. The molecule has 0 radical (unpaired) electrons. The fourth-order valence-corrected chi connectivity index (χ4v) is 1.67. The predicted molar refractivity (Wildman–Crippen MR) is 71.6 cm³/mol. The molecule has 0 bridgehead atoms. The van der Waals surface area contributed by atoms with Crippen molar-refractivity contribution >= 4 is 0 Å². The number of benzene rings is 1. The predicted octanol–water partition coefficient (Wildman–Crippen LogP) is 3.83. The molecule has 0 saturated carbocycles. The fraction of sp³-hybridized carbons (Fsp3) is 0.600. The molecule has 2 nitrogen and oxygen atoms in total. The summed E-state index contributed by atoms with van der Waals surface area (Å²) < 4.78 is 11.5. The van der Waals surface area contributed by atoms with Crippen LogP contribution in [0.1, 0.15) is 40.2 Å². The van der Waals surface area contributed by atoms with E-state index in [1.54, 1.807) is 0 Å². The van der Waals surface area contributed by atoms with Crippen LogP contribution in [0.15, 0.2) is 24.3 Å². The summed E-state index contributed by atoms with van der Waals surface area (Å²) in [4.78, 5) is 0. The lowest BCUT2D eigenvalue weighted by Gasteiger charge is -2.25. The number of hydrogen-bond donors (Lipinski definition) is 0. The summed E-state index contributed by atoms with van der Waals surface area (Å²) in [6, 6.07) is 8.24. The highest BCUT2D eigenvalue weighted by Gasteiger charge is 2.15. The SMILES string of the molecule is CCc1ccc(OCC(C)OC(C)(C)C)cc1. The Kier molecular flexibility index (Phi) is 5.01. The summed E-state index contributed by atoms with van der Waals surface area (Å²) in [7, 11) is 0. The molecule has 0 spiro atoms. The maximum absolute atomic E-state index is 5.78. The van der Waals surface area contributed by atoms with E-state index in [4.69, 9.17) is 9.47 Å². The van der Waals surface area contributed by atoms with Gasteiger partial charge in [-0.1, -0.05) is 19.1 Å². The van der Waals surface area contributed by atoms with Gasteiger partial charge in [-0.3, -0.25) is 0 Å². The van der Waals surface area contributed by atoms with Crippen LogP contribution < -0.4 is 4.74 Å². The zero-order valence-electron chi connectivity index (χ0n) is 11.6. The molecule has 1 aromatic rings. The highest BCUT2D eigenvalue weighted by molar-refractivity contribution is 5.27. The van der Waals surface area contributed by atoms with Crippen LogP contribution in [-0.4, -0.2) is 18.3 Å². The second kappa shape index (κ2) is 6.06. The van der Waals surface area contributed by atoms with Gasteiger partial charge in [0.2, 0.25) is 0 Å². The van der Waals surface area contributed by atoms with E-state index >= 15 is 0 Å². The Morgan fingerprint density at radius 2 is 1.71 bits per heavy atom. The van der Waals surface area contributed by atoms with Gasteiger partial charge in [-0.25, -0.2) is 0 Å². The molecule has 1 aromatic carbocycles. The van der Waals surface area contributed by atoms with E-state index in [9.17, 15) is 0 Å². The Morgan fingerprint density at radius 1 is 1.12 bits per heavy atom. The summed E-state index contributed by atoms with van der Waals surface area (Å²) >= 11 is 0. The van der Waals surface area contributed by atoms with Gasteiger partial charge in [0, 0.05) is 0 Å². The number of aryl methyl sites for hydroxylation is 1.